The second-order valence-corrected chi connectivity index (χ2v) is 6.81. The zero-order valence-corrected chi connectivity index (χ0v) is 15.1. The summed E-state index contributed by atoms with van der Waals surface area (Å²) in [5, 5.41) is 0. The Labute approximate surface area is 157 Å². The van der Waals surface area contributed by atoms with E-state index in [4.69, 9.17) is 0 Å². The number of nitrogens with zero attached hydrogens (tertiary/aromatic N) is 4. The highest BCUT2D eigenvalue weighted by Crippen LogP contribution is 2.17. The Morgan fingerprint density at radius 3 is 2.63 bits per heavy atom. The van der Waals surface area contributed by atoms with Gasteiger partial charge in [0.15, 0.2) is 11.4 Å². The molecule has 1 fully saturated rings. The van der Waals surface area contributed by atoms with Gasteiger partial charge in [0.2, 0.25) is 0 Å². The fourth-order valence-electron chi connectivity index (χ4n) is 3.43. The fraction of sp³-hybridized carbons (Fsp3) is 0.350. The number of H-pyrrole nitrogens is 1. The van der Waals surface area contributed by atoms with Crippen molar-refractivity contribution in [3.63, 3.8) is 0 Å². The van der Waals surface area contributed by atoms with Gasteiger partial charge in [-0.25, -0.2) is 14.4 Å². The number of rotatable bonds is 6. The van der Waals surface area contributed by atoms with Crippen molar-refractivity contribution in [3.8, 4) is 0 Å². The van der Waals surface area contributed by atoms with E-state index in [2.05, 4.69) is 24.8 Å². The third kappa shape index (κ3) is 4.14. The number of aromatic amines is 1. The Balaban J connectivity index is 1.23. The zero-order chi connectivity index (χ0) is 18.6. The Bertz CT molecular complexity index is 916. The average molecular weight is 367 g/mol. The van der Waals surface area contributed by atoms with Crippen LogP contribution in [0.5, 0.6) is 0 Å². The summed E-state index contributed by atoms with van der Waals surface area (Å²) in [6.45, 7) is 4.62. The molecule has 27 heavy (non-hydrogen) atoms. The summed E-state index contributed by atoms with van der Waals surface area (Å²) in [4.78, 5) is 28.7. The lowest BCUT2D eigenvalue weighted by Crippen LogP contribution is -2.47. The number of anilines is 1. The van der Waals surface area contributed by atoms with Gasteiger partial charge in [0.1, 0.15) is 11.6 Å². The molecule has 1 aliphatic heterocycles. The number of pyridine rings is 1. The molecule has 0 atom stereocenters. The van der Waals surface area contributed by atoms with Crippen molar-refractivity contribution in [2.75, 3.05) is 37.6 Å². The SMILES string of the molecule is O=C(CCCN1CCN(c2ccc3[nH]cnc3n2)CC1)c1ccc(F)cc1. The number of carbonyl (C=O) groups excluding carboxylic acids is 1. The van der Waals surface area contributed by atoms with Crippen LogP contribution in [0.15, 0.2) is 42.7 Å². The first-order valence-corrected chi connectivity index (χ1v) is 9.25. The van der Waals surface area contributed by atoms with Crippen molar-refractivity contribution < 1.29 is 9.18 Å². The number of ketones is 1. The van der Waals surface area contributed by atoms with E-state index in [-0.39, 0.29) is 11.6 Å². The summed E-state index contributed by atoms with van der Waals surface area (Å²) in [5.74, 6) is 0.719. The number of piperazine rings is 1. The van der Waals surface area contributed by atoms with E-state index in [0.29, 0.717) is 12.0 Å². The number of hydrogen-bond acceptors (Lipinski definition) is 5. The third-order valence-corrected chi connectivity index (χ3v) is 5.01. The van der Waals surface area contributed by atoms with Gasteiger partial charge < -0.3 is 9.88 Å². The van der Waals surface area contributed by atoms with Crippen LogP contribution in [-0.2, 0) is 0 Å². The Hall–Kier alpha value is -2.80. The fourth-order valence-corrected chi connectivity index (χ4v) is 3.43. The Morgan fingerprint density at radius 2 is 1.85 bits per heavy atom. The lowest BCUT2D eigenvalue weighted by Gasteiger charge is -2.35. The van der Waals surface area contributed by atoms with Gasteiger partial charge in [0, 0.05) is 38.2 Å². The zero-order valence-electron chi connectivity index (χ0n) is 15.1. The van der Waals surface area contributed by atoms with E-state index >= 15 is 0 Å². The molecule has 7 heteroatoms. The van der Waals surface area contributed by atoms with Crippen molar-refractivity contribution >= 4 is 22.8 Å². The predicted molar refractivity (Wildman–Crippen MR) is 103 cm³/mol. The number of Topliss-reactive ketones (excluding diaryl/α,β-unsaturated/α-hetero) is 1. The molecule has 3 heterocycles. The van der Waals surface area contributed by atoms with Crippen LogP contribution in [0.1, 0.15) is 23.2 Å². The second-order valence-electron chi connectivity index (χ2n) is 6.81. The maximum absolute atomic E-state index is 12.9. The second kappa shape index (κ2) is 7.84. The molecule has 0 spiro atoms. The summed E-state index contributed by atoms with van der Waals surface area (Å²) in [5.41, 5.74) is 2.28. The predicted octanol–water partition coefficient (Wildman–Crippen LogP) is 2.88. The van der Waals surface area contributed by atoms with Crippen LogP contribution in [0.4, 0.5) is 10.2 Å². The van der Waals surface area contributed by atoms with Gasteiger partial charge in [-0.3, -0.25) is 9.69 Å². The first-order valence-electron chi connectivity index (χ1n) is 9.25. The lowest BCUT2D eigenvalue weighted by molar-refractivity contribution is 0.0974. The molecule has 6 nitrogen and oxygen atoms in total. The number of nitrogens with one attached hydrogen (secondary N) is 1. The summed E-state index contributed by atoms with van der Waals surface area (Å²) < 4.78 is 12.9. The number of hydrogen-bond donors (Lipinski definition) is 1. The molecule has 0 radical (unpaired) electrons. The van der Waals surface area contributed by atoms with Crippen LogP contribution in [0, 0.1) is 5.82 Å². The molecule has 0 bridgehead atoms. The maximum atomic E-state index is 12.9. The molecular formula is C20H22FN5O. The molecule has 3 aromatic rings. The molecule has 1 saturated heterocycles. The van der Waals surface area contributed by atoms with Crippen LogP contribution in [0.2, 0.25) is 0 Å². The highest BCUT2D eigenvalue weighted by molar-refractivity contribution is 5.95. The van der Waals surface area contributed by atoms with E-state index in [1.54, 1.807) is 18.5 Å². The summed E-state index contributed by atoms with van der Waals surface area (Å²) in [6, 6.07) is 9.82. The minimum Gasteiger partial charge on any atom is -0.354 e. The van der Waals surface area contributed by atoms with Crippen molar-refractivity contribution in [2.24, 2.45) is 0 Å². The molecule has 140 valence electrons. The monoisotopic (exact) mass is 367 g/mol. The molecule has 4 rings (SSSR count). The molecule has 0 aliphatic carbocycles. The standard InChI is InChI=1S/C20H22FN5O/c21-16-5-3-15(4-6-16)18(27)2-1-9-25-10-12-26(13-11-25)19-8-7-17-20(24-19)23-14-22-17/h3-8,14H,1-2,9-13H2,(H,22,23,24). The smallest absolute Gasteiger partial charge is 0.179 e. The number of carbonyl (C=O) groups is 1. The van der Waals surface area contributed by atoms with Gasteiger partial charge in [-0.2, -0.15) is 0 Å². The summed E-state index contributed by atoms with van der Waals surface area (Å²) in [6.07, 6.45) is 2.96. The normalized spacial score (nSPS) is 15.4. The highest BCUT2D eigenvalue weighted by atomic mass is 19.1. The van der Waals surface area contributed by atoms with Crippen LogP contribution in [0.25, 0.3) is 11.2 Å². The Morgan fingerprint density at radius 1 is 1.07 bits per heavy atom. The topological polar surface area (TPSA) is 65.1 Å². The first-order chi connectivity index (χ1) is 13.2. The maximum Gasteiger partial charge on any atom is 0.179 e. The highest BCUT2D eigenvalue weighted by Gasteiger charge is 2.18. The van der Waals surface area contributed by atoms with Crippen LogP contribution < -0.4 is 4.90 Å². The number of halogens is 1. The van der Waals surface area contributed by atoms with E-state index in [1.807, 2.05) is 12.1 Å². The molecule has 0 amide bonds. The van der Waals surface area contributed by atoms with Gasteiger partial charge >= 0.3 is 0 Å². The van der Waals surface area contributed by atoms with Gasteiger partial charge in [-0.1, -0.05) is 0 Å². The van der Waals surface area contributed by atoms with Crippen molar-refractivity contribution in [3.05, 3.63) is 54.1 Å². The van der Waals surface area contributed by atoms with Gasteiger partial charge in [0.05, 0.1) is 11.8 Å². The minimum absolute atomic E-state index is 0.0742. The molecule has 0 saturated carbocycles. The molecule has 1 aliphatic rings. The first kappa shape index (κ1) is 17.6. The van der Waals surface area contributed by atoms with Crippen molar-refractivity contribution in [1.82, 2.24) is 19.9 Å². The molecule has 2 aromatic heterocycles. The number of aromatic nitrogens is 3. The van der Waals surface area contributed by atoms with Crippen molar-refractivity contribution in [2.45, 2.75) is 12.8 Å². The minimum atomic E-state index is -0.314. The Kier molecular flexibility index (Phi) is 5.11. The summed E-state index contributed by atoms with van der Waals surface area (Å²) in [7, 11) is 0. The van der Waals surface area contributed by atoms with Gasteiger partial charge in [0.25, 0.3) is 0 Å². The molecule has 1 aromatic carbocycles. The number of benzene rings is 1. The summed E-state index contributed by atoms with van der Waals surface area (Å²) >= 11 is 0. The average Bonchev–Trinajstić information content (AvgIpc) is 3.17. The van der Waals surface area contributed by atoms with E-state index in [0.717, 1.165) is 56.1 Å². The quantitative estimate of drug-likeness (QED) is 0.679. The van der Waals surface area contributed by atoms with Crippen LogP contribution in [0.3, 0.4) is 0 Å². The molecule has 0 unspecified atom stereocenters. The molecular weight excluding hydrogens is 345 g/mol. The van der Waals surface area contributed by atoms with E-state index < -0.39 is 0 Å². The van der Waals surface area contributed by atoms with Crippen LogP contribution in [-0.4, -0.2) is 58.4 Å². The van der Waals surface area contributed by atoms with Gasteiger partial charge in [-0.05, 0) is 49.4 Å². The largest absolute Gasteiger partial charge is 0.354 e. The van der Waals surface area contributed by atoms with Crippen molar-refractivity contribution in [1.29, 1.82) is 0 Å². The number of imidazole rings is 1. The molecule has 1 N–H and O–H groups in total. The van der Waals surface area contributed by atoms with E-state index in [1.165, 1.54) is 12.1 Å². The lowest BCUT2D eigenvalue weighted by atomic mass is 10.1. The number of fused-ring (bicyclic) bond motifs is 1. The van der Waals surface area contributed by atoms with Crippen LogP contribution >= 0.6 is 0 Å². The van der Waals surface area contributed by atoms with E-state index in [9.17, 15) is 9.18 Å². The van der Waals surface area contributed by atoms with Gasteiger partial charge in [-0.15, -0.1) is 0 Å². The third-order valence-electron chi connectivity index (χ3n) is 5.01.